The Morgan fingerprint density at radius 3 is 2.42 bits per heavy atom. The first-order valence-corrected chi connectivity index (χ1v) is 14.1. The van der Waals surface area contributed by atoms with E-state index in [0.717, 1.165) is 46.2 Å². The summed E-state index contributed by atoms with van der Waals surface area (Å²) in [5.41, 5.74) is 7.88. The second kappa shape index (κ2) is 13.1. The summed E-state index contributed by atoms with van der Waals surface area (Å²) in [6, 6.07) is 25.2. The first kappa shape index (κ1) is 27.1. The highest BCUT2D eigenvalue weighted by Gasteiger charge is 2.22. The van der Waals surface area contributed by atoms with Crippen molar-refractivity contribution in [2.24, 2.45) is 0 Å². The second-order valence-electron chi connectivity index (χ2n) is 9.24. The van der Waals surface area contributed by atoms with Crippen molar-refractivity contribution >= 4 is 23.6 Å². The largest absolute Gasteiger partial charge is 0.480 e. The number of carboxylic acid groups (broad SMARTS) is 1. The third kappa shape index (κ3) is 6.69. The van der Waals surface area contributed by atoms with Crippen LogP contribution in [0.3, 0.4) is 0 Å². The summed E-state index contributed by atoms with van der Waals surface area (Å²) in [6.07, 6.45) is 7.61. The van der Waals surface area contributed by atoms with Gasteiger partial charge in [-0.15, -0.1) is 0 Å². The monoisotopic (exact) mass is 524 g/mol. The minimum atomic E-state index is -1.02. The van der Waals surface area contributed by atoms with Crippen molar-refractivity contribution in [1.29, 1.82) is 0 Å². The van der Waals surface area contributed by atoms with Crippen LogP contribution in [0.25, 0.3) is 22.3 Å². The summed E-state index contributed by atoms with van der Waals surface area (Å²) in [6.45, 7) is 2.02. The molecule has 0 saturated heterocycles. The zero-order chi connectivity index (χ0) is 26.9. The summed E-state index contributed by atoms with van der Waals surface area (Å²) in [5.74, 6) is -0.741. The number of hydrogen-bond acceptors (Lipinski definition) is 4. The molecule has 1 heterocycles. The number of hydrogen-bond donors (Lipinski definition) is 2. The smallest absolute Gasteiger partial charge is 0.326 e. The topological polar surface area (TPSA) is 79.3 Å². The van der Waals surface area contributed by atoms with E-state index in [4.69, 9.17) is 0 Å². The van der Waals surface area contributed by atoms with Crippen LogP contribution in [0.2, 0.25) is 0 Å². The molecule has 194 valence electrons. The van der Waals surface area contributed by atoms with Gasteiger partial charge in [0.2, 0.25) is 0 Å². The van der Waals surface area contributed by atoms with Gasteiger partial charge < -0.3 is 10.4 Å². The standard InChI is InChI=1S/C32H32N2O3S/c1-22-8-6-7-11-26(22)29-20-23(13-15-28(29)31(35)34-30(32(36)37)17-19-38-2)12-14-25-21-33-18-16-27(25)24-9-4-3-5-10-24/h3-11,13,15-16,18,20-21,30H,12,14,17,19H2,1-2H3,(H,34,35)(H,36,37). The van der Waals surface area contributed by atoms with Gasteiger partial charge in [-0.2, -0.15) is 11.8 Å². The maximum Gasteiger partial charge on any atom is 0.326 e. The molecule has 6 heteroatoms. The molecule has 4 aromatic rings. The maximum atomic E-state index is 13.3. The van der Waals surface area contributed by atoms with E-state index in [-0.39, 0.29) is 5.91 Å². The maximum absolute atomic E-state index is 13.3. The first-order valence-electron chi connectivity index (χ1n) is 12.7. The van der Waals surface area contributed by atoms with Crippen molar-refractivity contribution in [3.63, 3.8) is 0 Å². The van der Waals surface area contributed by atoms with Crippen molar-refractivity contribution in [3.05, 3.63) is 114 Å². The molecule has 4 rings (SSSR count). The lowest BCUT2D eigenvalue weighted by Gasteiger charge is -2.18. The molecule has 1 atom stereocenters. The Balaban J connectivity index is 1.64. The predicted octanol–water partition coefficient (Wildman–Crippen LogP) is 6.45. The molecule has 0 radical (unpaired) electrons. The van der Waals surface area contributed by atoms with Crippen LogP contribution in [-0.4, -0.2) is 40.0 Å². The van der Waals surface area contributed by atoms with E-state index >= 15 is 0 Å². The average molecular weight is 525 g/mol. The number of aliphatic carboxylic acids is 1. The van der Waals surface area contributed by atoms with Crippen molar-refractivity contribution in [3.8, 4) is 22.3 Å². The third-order valence-electron chi connectivity index (χ3n) is 6.65. The van der Waals surface area contributed by atoms with Gasteiger partial charge in [0.05, 0.1) is 0 Å². The number of carbonyl (C=O) groups excluding carboxylic acids is 1. The van der Waals surface area contributed by atoms with Crippen LogP contribution >= 0.6 is 11.8 Å². The summed E-state index contributed by atoms with van der Waals surface area (Å²) >= 11 is 1.56. The average Bonchev–Trinajstić information content (AvgIpc) is 2.94. The van der Waals surface area contributed by atoms with Gasteiger partial charge >= 0.3 is 5.97 Å². The molecule has 3 aromatic carbocycles. The lowest BCUT2D eigenvalue weighted by Crippen LogP contribution is -2.41. The second-order valence-corrected chi connectivity index (χ2v) is 10.2. The van der Waals surface area contributed by atoms with Gasteiger partial charge in [-0.3, -0.25) is 9.78 Å². The first-order chi connectivity index (χ1) is 18.5. The number of rotatable bonds is 11. The molecule has 5 nitrogen and oxygen atoms in total. The van der Waals surface area contributed by atoms with E-state index in [1.165, 1.54) is 5.56 Å². The highest BCUT2D eigenvalue weighted by molar-refractivity contribution is 7.98. The quantitative estimate of drug-likeness (QED) is 0.236. The number of nitrogens with zero attached hydrogens (tertiary/aromatic N) is 1. The molecule has 0 spiro atoms. The molecule has 0 fully saturated rings. The van der Waals surface area contributed by atoms with Crippen LogP contribution < -0.4 is 5.32 Å². The predicted molar refractivity (Wildman–Crippen MR) is 156 cm³/mol. The molecule has 1 amide bonds. The number of benzene rings is 3. The van der Waals surface area contributed by atoms with Crippen molar-refractivity contribution in [2.45, 2.75) is 32.2 Å². The molecule has 2 N–H and O–H groups in total. The number of pyridine rings is 1. The number of amides is 1. The SMILES string of the molecule is CSCCC(NC(=O)c1ccc(CCc2cnccc2-c2ccccc2)cc1-c1ccccc1C)C(=O)O. The molecule has 38 heavy (non-hydrogen) atoms. The van der Waals surface area contributed by atoms with Crippen LogP contribution in [0.5, 0.6) is 0 Å². The zero-order valence-corrected chi connectivity index (χ0v) is 22.5. The summed E-state index contributed by atoms with van der Waals surface area (Å²) in [7, 11) is 0. The fraction of sp³-hybridized carbons (Fsp3) is 0.219. The zero-order valence-electron chi connectivity index (χ0n) is 21.7. The fourth-order valence-corrected chi connectivity index (χ4v) is 5.05. The lowest BCUT2D eigenvalue weighted by molar-refractivity contribution is -0.139. The highest BCUT2D eigenvalue weighted by Crippen LogP contribution is 2.30. The molecule has 0 aliphatic rings. The van der Waals surface area contributed by atoms with Gasteiger partial charge in [-0.25, -0.2) is 4.79 Å². The third-order valence-corrected chi connectivity index (χ3v) is 7.29. The Morgan fingerprint density at radius 2 is 1.68 bits per heavy atom. The summed E-state index contributed by atoms with van der Waals surface area (Å²) in [4.78, 5) is 29.4. The minimum absolute atomic E-state index is 0.370. The van der Waals surface area contributed by atoms with E-state index in [9.17, 15) is 14.7 Å². The molecule has 0 aliphatic heterocycles. The van der Waals surface area contributed by atoms with Gasteiger partial charge in [0.15, 0.2) is 0 Å². The van der Waals surface area contributed by atoms with Crippen LogP contribution in [-0.2, 0) is 17.6 Å². The normalized spacial score (nSPS) is 11.6. The summed E-state index contributed by atoms with van der Waals surface area (Å²) < 4.78 is 0. The molecule has 1 aromatic heterocycles. The Morgan fingerprint density at radius 1 is 0.921 bits per heavy atom. The summed E-state index contributed by atoms with van der Waals surface area (Å²) in [5, 5.41) is 12.4. The van der Waals surface area contributed by atoms with Gasteiger partial charge in [0, 0.05) is 18.0 Å². The van der Waals surface area contributed by atoms with Crippen LogP contribution in [0.1, 0.15) is 33.5 Å². The Bertz CT molecular complexity index is 1400. The van der Waals surface area contributed by atoms with Crippen LogP contribution in [0, 0.1) is 6.92 Å². The number of carboxylic acids is 1. The molecule has 0 saturated carbocycles. The van der Waals surface area contributed by atoms with Crippen molar-refractivity contribution in [1.82, 2.24) is 10.3 Å². The van der Waals surface area contributed by atoms with Gasteiger partial charge in [-0.1, -0.05) is 66.7 Å². The number of aryl methyl sites for hydroxylation is 3. The van der Waals surface area contributed by atoms with E-state index in [1.807, 2.05) is 86.2 Å². The number of nitrogens with one attached hydrogen (secondary N) is 1. The highest BCUT2D eigenvalue weighted by atomic mass is 32.2. The number of carbonyl (C=O) groups is 2. The lowest BCUT2D eigenvalue weighted by atomic mass is 9.91. The molecule has 0 aliphatic carbocycles. The van der Waals surface area contributed by atoms with E-state index in [1.54, 1.807) is 11.8 Å². The Kier molecular flexibility index (Phi) is 9.33. The number of thioether (sulfide) groups is 1. The molecule has 0 bridgehead atoms. The Labute approximate surface area is 228 Å². The van der Waals surface area contributed by atoms with Crippen LogP contribution in [0.4, 0.5) is 0 Å². The van der Waals surface area contributed by atoms with E-state index < -0.39 is 12.0 Å². The molecular formula is C32H32N2O3S. The molecular weight excluding hydrogens is 492 g/mol. The Hall–Kier alpha value is -3.90. The molecule has 1 unspecified atom stereocenters. The van der Waals surface area contributed by atoms with Crippen molar-refractivity contribution < 1.29 is 14.7 Å². The minimum Gasteiger partial charge on any atom is -0.480 e. The fourth-order valence-electron chi connectivity index (χ4n) is 4.58. The van der Waals surface area contributed by atoms with Gasteiger partial charge in [-0.05, 0) is 89.3 Å². The van der Waals surface area contributed by atoms with Crippen molar-refractivity contribution in [2.75, 3.05) is 12.0 Å². The van der Waals surface area contributed by atoms with E-state index in [0.29, 0.717) is 17.7 Å². The van der Waals surface area contributed by atoms with Crippen LogP contribution in [0.15, 0.2) is 91.3 Å². The van der Waals surface area contributed by atoms with Gasteiger partial charge in [0.1, 0.15) is 6.04 Å². The van der Waals surface area contributed by atoms with Gasteiger partial charge in [0.25, 0.3) is 5.91 Å². The van der Waals surface area contributed by atoms with E-state index in [2.05, 4.69) is 28.5 Å². The number of aromatic nitrogens is 1.